The van der Waals surface area contributed by atoms with Gasteiger partial charge in [-0.25, -0.2) is 8.42 Å². The quantitative estimate of drug-likeness (QED) is 0.637. The zero-order chi connectivity index (χ0) is 21.0. The number of benzene rings is 1. The Labute approximate surface area is 173 Å². The van der Waals surface area contributed by atoms with Gasteiger partial charge in [-0.15, -0.1) is 0 Å². The first-order chi connectivity index (χ1) is 13.9. The highest BCUT2D eigenvalue weighted by Gasteiger charge is 2.43. The van der Waals surface area contributed by atoms with Crippen molar-refractivity contribution in [1.29, 1.82) is 0 Å². The molecule has 7 nitrogen and oxygen atoms in total. The van der Waals surface area contributed by atoms with Gasteiger partial charge in [0.2, 0.25) is 5.91 Å². The number of hydrogen-bond acceptors (Lipinski definition) is 6. The second kappa shape index (κ2) is 9.24. The Balaban J connectivity index is 1.58. The van der Waals surface area contributed by atoms with E-state index in [-0.39, 0.29) is 17.6 Å². The Bertz CT molecular complexity index is 801. The van der Waals surface area contributed by atoms with Crippen LogP contribution >= 0.6 is 0 Å². The van der Waals surface area contributed by atoms with Crippen molar-refractivity contribution in [3.63, 3.8) is 0 Å². The number of amides is 1. The third-order valence-electron chi connectivity index (χ3n) is 6.09. The highest BCUT2D eigenvalue weighted by molar-refractivity contribution is 7.92. The van der Waals surface area contributed by atoms with Crippen LogP contribution < -0.4 is 14.2 Å². The molecule has 2 aliphatic rings. The number of carbonyl (C=O) groups is 1. The zero-order valence-electron chi connectivity index (χ0n) is 17.5. The van der Waals surface area contributed by atoms with E-state index in [4.69, 9.17) is 14.2 Å². The molecule has 29 heavy (non-hydrogen) atoms. The number of hydrogen-bond donors (Lipinski definition) is 0. The van der Waals surface area contributed by atoms with Crippen LogP contribution in [0, 0.1) is 0 Å². The molecule has 162 valence electrons. The maximum Gasteiger partial charge on any atom is 0.222 e. The lowest BCUT2D eigenvalue weighted by Gasteiger charge is -2.41. The minimum Gasteiger partial charge on any atom is -0.496 e. The van der Waals surface area contributed by atoms with Gasteiger partial charge >= 0.3 is 0 Å². The number of ether oxygens (including phenoxy) is 3. The molecular weight excluding hydrogens is 394 g/mol. The summed E-state index contributed by atoms with van der Waals surface area (Å²) in [6, 6.07) is 3.53. The molecule has 1 saturated heterocycles. The number of likely N-dealkylation sites (tertiary alicyclic amines) is 1. The monoisotopic (exact) mass is 425 g/mol. The fourth-order valence-corrected chi connectivity index (χ4v) is 6.54. The number of carbonyl (C=O) groups excluding carboxylic acids is 1. The number of sulfone groups is 1. The molecule has 0 spiro atoms. The maximum atomic E-state index is 12.8. The summed E-state index contributed by atoms with van der Waals surface area (Å²) in [5.74, 6) is 1.79. The molecule has 1 aliphatic carbocycles. The van der Waals surface area contributed by atoms with Gasteiger partial charge in [-0.3, -0.25) is 4.79 Å². The summed E-state index contributed by atoms with van der Waals surface area (Å²) < 4.78 is 41.6. The van der Waals surface area contributed by atoms with E-state index in [0.717, 1.165) is 37.7 Å². The Kier molecular flexibility index (Phi) is 6.93. The molecule has 0 aromatic heterocycles. The van der Waals surface area contributed by atoms with E-state index in [1.807, 2.05) is 0 Å². The van der Waals surface area contributed by atoms with Crippen LogP contribution in [-0.2, 0) is 21.1 Å². The van der Waals surface area contributed by atoms with Crippen molar-refractivity contribution < 1.29 is 27.4 Å². The van der Waals surface area contributed by atoms with Crippen molar-refractivity contribution in [1.82, 2.24) is 4.90 Å². The summed E-state index contributed by atoms with van der Waals surface area (Å²) in [6.07, 6.45) is 5.36. The van der Waals surface area contributed by atoms with Gasteiger partial charge in [-0.1, -0.05) is 19.3 Å². The molecule has 1 aromatic rings. The topological polar surface area (TPSA) is 82.1 Å². The Morgan fingerprint density at radius 1 is 0.966 bits per heavy atom. The summed E-state index contributed by atoms with van der Waals surface area (Å²) in [4.78, 5) is 14.2. The van der Waals surface area contributed by atoms with Gasteiger partial charge < -0.3 is 19.1 Å². The summed E-state index contributed by atoms with van der Waals surface area (Å²) >= 11 is 0. The molecular formula is C21H31NO6S. The Morgan fingerprint density at radius 2 is 1.55 bits per heavy atom. The maximum absolute atomic E-state index is 12.8. The van der Waals surface area contributed by atoms with Crippen molar-refractivity contribution in [2.45, 2.75) is 55.4 Å². The predicted molar refractivity (Wildman–Crippen MR) is 111 cm³/mol. The van der Waals surface area contributed by atoms with Gasteiger partial charge in [0.1, 0.15) is 17.2 Å². The minimum absolute atomic E-state index is 0.0416. The second-order valence-electron chi connectivity index (χ2n) is 7.78. The van der Waals surface area contributed by atoms with Crippen LogP contribution in [0.25, 0.3) is 0 Å². The highest BCUT2D eigenvalue weighted by atomic mass is 32.2. The van der Waals surface area contributed by atoms with E-state index >= 15 is 0 Å². The molecule has 0 atom stereocenters. The molecule has 8 heteroatoms. The largest absolute Gasteiger partial charge is 0.496 e. The van der Waals surface area contributed by atoms with E-state index < -0.39 is 15.1 Å². The summed E-state index contributed by atoms with van der Waals surface area (Å²) in [7, 11) is 1.56. The molecule has 0 unspecified atom stereocenters. The SMILES string of the molecule is COc1cc(OC)c(CCC(=O)N2CC(S(=O)(=O)C3CCCCC3)C2)c(OC)c1. The molecule has 0 bridgehead atoms. The van der Waals surface area contributed by atoms with Gasteiger partial charge in [0.25, 0.3) is 0 Å². The van der Waals surface area contributed by atoms with Crippen molar-refractivity contribution >= 4 is 15.7 Å². The molecule has 3 rings (SSSR count). The van der Waals surface area contributed by atoms with E-state index in [0.29, 0.717) is 36.8 Å². The van der Waals surface area contributed by atoms with Crippen LogP contribution in [0.4, 0.5) is 0 Å². The predicted octanol–water partition coefficient (Wildman–Crippen LogP) is 2.60. The minimum atomic E-state index is -3.14. The second-order valence-corrected chi connectivity index (χ2v) is 10.3. The molecule has 1 saturated carbocycles. The number of nitrogens with zero attached hydrogens (tertiary/aromatic N) is 1. The van der Waals surface area contributed by atoms with Gasteiger partial charge in [0.05, 0.1) is 31.8 Å². The molecule has 0 N–H and O–H groups in total. The van der Waals surface area contributed by atoms with Crippen molar-refractivity contribution in [3.8, 4) is 17.2 Å². The van der Waals surface area contributed by atoms with Crippen LogP contribution in [0.3, 0.4) is 0 Å². The van der Waals surface area contributed by atoms with E-state index in [2.05, 4.69) is 0 Å². The third kappa shape index (κ3) is 4.63. The zero-order valence-corrected chi connectivity index (χ0v) is 18.3. The van der Waals surface area contributed by atoms with Crippen molar-refractivity contribution in [2.75, 3.05) is 34.4 Å². The fourth-order valence-electron chi connectivity index (χ4n) is 4.23. The summed E-state index contributed by atoms with van der Waals surface area (Å²) in [5, 5.41) is -0.620. The fraction of sp³-hybridized carbons (Fsp3) is 0.667. The van der Waals surface area contributed by atoms with E-state index in [9.17, 15) is 13.2 Å². The lowest BCUT2D eigenvalue weighted by atomic mass is 10.0. The smallest absolute Gasteiger partial charge is 0.222 e. The van der Waals surface area contributed by atoms with E-state index in [1.165, 1.54) is 0 Å². The summed E-state index contributed by atoms with van der Waals surface area (Å²) in [6.45, 7) is 0.628. The molecule has 1 amide bonds. The molecule has 1 aromatic carbocycles. The average molecular weight is 426 g/mol. The molecule has 1 aliphatic heterocycles. The van der Waals surface area contributed by atoms with Gasteiger partial charge in [-0.05, 0) is 19.3 Å². The number of methoxy groups -OCH3 is 3. The van der Waals surface area contributed by atoms with Crippen molar-refractivity contribution in [3.05, 3.63) is 17.7 Å². The van der Waals surface area contributed by atoms with Crippen LogP contribution in [0.5, 0.6) is 17.2 Å². The van der Waals surface area contributed by atoms with Gasteiger partial charge in [0.15, 0.2) is 9.84 Å². The van der Waals surface area contributed by atoms with Gasteiger partial charge in [0, 0.05) is 37.2 Å². The Morgan fingerprint density at radius 3 is 2.07 bits per heavy atom. The average Bonchev–Trinajstić information content (AvgIpc) is 2.70. The summed E-state index contributed by atoms with van der Waals surface area (Å²) in [5.41, 5.74) is 0.802. The first-order valence-corrected chi connectivity index (χ1v) is 11.8. The third-order valence-corrected chi connectivity index (χ3v) is 8.72. The highest BCUT2D eigenvalue weighted by Crippen LogP contribution is 2.35. The van der Waals surface area contributed by atoms with Crippen molar-refractivity contribution in [2.24, 2.45) is 0 Å². The Hall–Kier alpha value is -1.96. The normalized spacial score (nSPS) is 18.2. The molecule has 2 fully saturated rings. The van der Waals surface area contributed by atoms with Gasteiger partial charge in [-0.2, -0.15) is 0 Å². The molecule has 0 radical (unpaired) electrons. The first kappa shape index (κ1) is 21.7. The first-order valence-electron chi connectivity index (χ1n) is 10.2. The lowest BCUT2D eigenvalue weighted by Crippen LogP contribution is -2.58. The van der Waals surface area contributed by atoms with Crippen LogP contribution in [0.1, 0.15) is 44.1 Å². The van der Waals surface area contributed by atoms with Crippen LogP contribution in [0.15, 0.2) is 12.1 Å². The number of rotatable bonds is 8. The molecule has 1 heterocycles. The standard InChI is InChI=1S/C21H31NO6S/c1-26-15-11-19(27-2)18(20(12-15)28-3)9-10-21(23)22-13-17(14-22)29(24,25)16-7-5-4-6-8-16/h11-12,16-17H,4-10,13-14H2,1-3H3. The van der Waals surface area contributed by atoms with Crippen LogP contribution in [0.2, 0.25) is 0 Å². The lowest BCUT2D eigenvalue weighted by molar-refractivity contribution is -0.134. The van der Waals surface area contributed by atoms with Crippen LogP contribution in [-0.4, -0.2) is 64.1 Å². The van der Waals surface area contributed by atoms with E-state index in [1.54, 1.807) is 38.4 Å².